The Morgan fingerprint density at radius 1 is 1.15 bits per heavy atom. The zero-order chi connectivity index (χ0) is 14.4. The summed E-state index contributed by atoms with van der Waals surface area (Å²) >= 11 is 0. The minimum atomic E-state index is -0.316. The minimum absolute atomic E-state index is 0.211. The molecule has 0 spiro atoms. The number of nitrogens with zero attached hydrogens (tertiary/aromatic N) is 2. The van der Waals surface area contributed by atoms with Crippen LogP contribution in [0.3, 0.4) is 0 Å². The van der Waals surface area contributed by atoms with E-state index in [0.717, 1.165) is 5.56 Å². The minimum Gasteiger partial charge on any atom is -0.350 e. The summed E-state index contributed by atoms with van der Waals surface area (Å²) in [5.74, 6) is 4.94. The molecule has 104 valence electrons. The van der Waals surface area contributed by atoms with Gasteiger partial charge in [0.05, 0.1) is 0 Å². The molecule has 0 saturated heterocycles. The first-order chi connectivity index (χ1) is 9.69. The predicted molar refractivity (Wildman–Crippen MR) is 72.3 cm³/mol. The summed E-state index contributed by atoms with van der Waals surface area (Å²) in [4.78, 5) is 11.8. The lowest BCUT2D eigenvalue weighted by Crippen LogP contribution is -2.27. The number of hydrogen-bond acceptors (Lipinski definition) is 5. The molecule has 2 rings (SSSR count). The van der Waals surface area contributed by atoms with Crippen LogP contribution >= 0.6 is 0 Å². The van der Waals surface area contributed by atoms with Crippen LogP contribution < -0.4 is 16.6 Å². The van der Waals surface area contributed by atoms with Crippen molar-refractivity contribution in [3.8, 4) is 0 Å². The summed E-state index contributed by atoms with van der Waals surface area (Å²) in [6, 6.07) is 9.23. The Morgan fingerprint density at radius 3 is 2.50 bits per heavy atom. The van der Waals surface area contributed by atoms with Gasteiger partial charge in [-0.2, -0.15) is 0 Å². The number of carbonyl (C=O) groups is 1. The van der Waals surface area contributed by atoms with E-state index in [-0.39, 0.29) is 17.4 Å². The van der Waals surface area contributed by atoms with E-state index in [1.807, 2.05) is 0 Å². The first kappa shape index (κ1) is 13.9. The average molecular weight is 275 g/mol. The number of amides is 1. The number of nitrogens with two attached hydrogens (primary N) is 1. The third kappa shape index (κ3) is 3.72. The molecule has 1 aromatic carbocycles. The topological polar surface area (TPSA) is 92.9 Å². The van der Waals surface area contributed by atoms with Gasteiger partial charge in [0.25, 0.3) is 5.91 Å². The summed E-state index contributed by atoms with van der Waals surface area (Å²) in [5, 5.41) is 10.2. The molecule has 0 aliphatic heterocycles. The molecule has 0 aliphatic rings. The fraction of sp³-hybridized carbons (Fsp3) is 0.154. The summed E-state index contributed by atoms with van der Waals surface area (Å²) < 4.78 is 12.7. The van der Waals surface area contributed by atoms with Gasteiger partial charge in [0.1, 0.15) is 5.82 Å². The van der Waals surface area contributed by atoms with Crippen LogP contribution in [0, 0.1) is 5.82 Å². The van der Waals surface area contributed by atoms with Crippen molar-refractivity contribution in [1.82, 2.24) is 15.5 Å². The molecule has 0 fully saturated rings. The second-order valence-corrected chi connectivity index (χ2v) is 4.08. The van der Waals surface area contributed by atoms with E-state index in [0.29, 0.717) is 18.8 Å². The highest BCUT2D eigenvalue weighted by Crippen LogP contribution is 2.03. The molecule has 20 heavy (non-hydrogen) atoms. The zero-order valence-corrected chi connectivity index (χ0v) is 10.6. The van der Waals surface area contributed by atoms with Crippen LogP contribution in [-0.4, -0.2) is 22.6 Å². The number of halogens is 1. The molecule has 6 nitrogen and oxygen atoms in total. The molecule has 1 amide bonds. The maximum atomic E-state index is 12.7. The van der Waals surface area contributed by atoms with Gasteiger partial charge in [-0.15, -0.1) is 10.2 Å². The second-order valence-electron chi connectivity index (χ2n) is 4.08. The van der Waals surface area contributed by atoms with Crippen molar-refractivity contribution in [1.29, 1.82) is 0 Å². The highest BCUT2D eigenvalue weighted by atomic mass is 19.1. The predicted octanol–water partition coefficient (Wildman–Crippen LogP) is 0.874. The Hall–Kier alpha value is -2.54. The molecule has 4 N–H and O–H groups in total. The van der Waals surface area contributed by atoms with Gasteiger partial charge in [0.2, 0.25) is 0 Å². The summed E-state index contributed by atoms with van der Waals surface area (Å²) in [7, 11) is 0. The average Bonchev–Trinajstić information content (AvgIpc) is 2.49. The van der Waals surface area contributed by atoms with Gasteiger partial charge >= 0.3 is 0 Å². The number of hydrazine groups is 1. The van der Waals surface area contributed by atoms with Crippen LogP contribution in [0.25, 0.3) is 0 Å². The van der Waals surface area contributed by atoms with E-state index in [2.05, 4.69) is 20.9 Å². The van der Waals surface area contributed by atoms with Crippen LogP contribution in [0.1, 0.15) is 16.1 Å². The van der Waals surface area contributed by atoms with Crippen molar-refractivity contribution in [2.45, 2.75) is 6.42 Å². The van der Waals surface area contributed by atoms with Crippen molar-refractivity contribution in [3.63, 3.8) is 0 Å². The molecule has 0 saturated carbocycles. The van der Waals surface area contributed by atoms with Crippen molar-refractivity contribution < 1.29 is 9.18 Å². The third-order valence-electron chi connectivity index (χ3n) is 2.66. The smallest absolute Gasteiger partial charge is 0.271 e. The van der Waals surface area contributed by atoms with Gasteiger partial charge in [0.15, 0.2) is 11.5 Å². The normalized spacial score (nSPS) is 10.1. The van der Waals surface area contributed by atoms with Crippen LogP contribution in [-0.2, 0) is 6.42 Å². The Balaban J connectivity index is 1.83. The molecule has 0 atom stereocenters. The van der Waals surface area contributed by atoms with Gasteiger partial charge in [0, 0.05) is 6.54 Å². The number of anilines is 1. The lowest BCUT2D eigenvalue weighted by Gasteiger charge is -2.05. The van der Waals surface area contributed by atoms with Gasteiger partial charge in [-0.3, -0.25) is 4.79 Å². The fourth-order valence-corrected chi connectivity index (χ4v) is 1.59. The number of rotatable bonds is 5. The van der Waals surface area contributed by atoms with Gasteiger partial charge < -0.3 is 10.7 Å². The standard InChI is InChI=1S/C13H14FN5O/c14-10-3-1-9(2-4-10)7-8-16-13(20)11-5-6-12(17-15)19-18-11/h1-6H,7-8,15H2,(H,16,20)(H,17,19). The third-order valence-corrected chi connectivity index (χ3v) is 2.66. The molecule has 7 heteroatoms. The highest BCUT2D eigenvalue weighted by molar-refractivity contribution is 5.92. The number of carbonyl (C=O) groups excluding carboxylic acids is 1. The Labute approximate surface area is 115 Å². The number of benzene rings is 1. The quantitative estimate of drug-likeness (QED) is 0.556. The molecule has 0 unspecified atom stereocenters. The second kappa shape index (κ2) is 6.58. The van der Waals surface area contributed by atoms with Crippen LogP contribution in [0.4, 0.5) is 10.2 Å². The monoisotopic (exact) mass is 275 g/mol. The van der Waals surface area contributed by atoms with E-state index < -0.39 is 0 Å². The van der Waals surface area contributed by atoms with Crippen LogP contribution in [0.5, 0.6) is 0 Å². The van der Waals surface area contributed by atoms with Crippen LogP contribution in [0.2, 0.25) is 0 Å². The maximum absolute atomic E-state index is 12.7. The number of aromatic nitrogens is 2. The lowest BCUT2D eigenvalue weighted by molar-refractivity contribution is 0.0948. The largest absolute Gasteiger partial charge is 0.350 e. The molecule has 1 aromatic heterocycles. The number of nitrogen functional groups attached to an aromatic ring is 1. The Kier molecular flexibility index (Phi) is 4.56. The van der Waals surface area contributed by atoms with Gasteiger partial charge in [-0.25, -0.2) is 10.2 Å². The van der Waals surface area contributed by atoms with Crippen molar-refractivity contribution in [2.24, 2.45) is 5.84 Å². The van der Waals surface area contributed by atoms with E-state index in [1.165, 1.54) is 18.2 Å². The van der Waals surface area contributed by atoms with Crippen molar-refractivity contribution in [2.75, 3.05) is 12.0 Å². The summed E-state index contributed by atoms with van der Waals surface area (Å²) in [6.07, 6.45) is 0.613. The SMILES string of the molecule is NNc1ccc(C(=O)NCCc2ccc(F)cc2)nn1. The first-order valence-corrected chi connectivity index (χ1v) is 6.02. The maximum Gasteiger partial charge on any atom is 0.271 e. The van der Waals surface area contributed by atoms with E-state index >= 15 is 0 Å². The fourth-order valence-electron chi connectivity index (χ4n) is 1.59. The summed E-state index contributed by atoms with van der Waals surface area (Å²) in [5.41, 5.74) is 3.48. The van der Waals surface area contributed by atoms with Gasteiger partial charge in [-0.1, -0.05) is 12.1 Å². The highest BCUT2D eigenvalue weighted by Gasteiger charge is 2.07. The zero-order valence-electron chi connectivity index (χ0n) is 10.6. The number of nitrogens with one attached hydrogen (secondary N) is 2. The molecular weight excluding hydrogens is 261 g/mol. The Bertz CT molecular complexity index is 570. The van der Waals surface area contributed by atoms with E-state index in [4.69, 9.17) is 5.84 Å². The Morgan fingerprint density at radius 2 is 1.90 bits per heavy atom. The molecule has 0 bridgehead atoms. The summed E-state index contributed by atoms with van der Waals surface area (Å²) in [6.45, 7) is 0.434. The van der Waals surface area contributed by atoms with Crippen molar-refractivity contribution in [3.05, 3.63) is 53.5 Å². The molecular formula is C13H14FN5O. The molecule has 2 aromatic rings. The molecule has 1 heterocycles. The van der Waals surface area contributed by atoms with Gasteiger partial charge in [-0.05, 0) is 36.2 Å². The lowest BCUT2D eigenvalue weighted by atomic mass is 10.1. The van der Waals surface area contributed by atoms with Crippen LogP contribution in [0.15, 0.2) is 36.4 Å². The van der Waals surface area contributed by atoms with E-state index in [1.54, 1.807) is 18.2 Å². The van der Waals surface area contributed by atoms with Crippen molar-refractivity contribution >= 4 is 11.7 Å². The van der Waals surface area contributed by atoms with E-state index in [9.17, 15) is 9.18 Å². The molecule has 0 aliphatic carbocycles. The first-order valence-electron chi connectivity index (χ1n) is 6.02. The molecule has 0 radical (unpaired) electrons. The number of hydrogen-bond donors (Lipinski definition) is 3.